The van der Waals surface area contributed by atoms with Crippen LogP contribution in [0.4, 0.5) is 15.1 Å². The predicted octanol–water partition coefficient (Wildman–Crippen LogP) is 2.47. The fraction of sp³-hybridized carbons (Fsp3) is 0.214. The molecule has 1 aromatic carbocycles. The molecule has 1 amide bonds. The predicted molar refractivity (Wildman–Crippen MR) is 80.6 cm³/mol. The molecule has 0 saturated carbocycles. The first kappa shape index (κ1) is 14.3. The highest BCUT2D eigenvalue weighted by Crippen LogP contribution is 2.32. The largest absolute Gasteiger partial charge is 0.397 e. The number of halogens is 1. The maximum atomic E-state index is 12.9. The van der Waals surface area contributed by atoms with E-state index in [9.17, 15) is 9.18 Å². The molecule has 6 heteroatoms. The monoisotopic (exact) mass is 293 g/mol. The van der Waals surface area contributed by atoms with Crippen molar-refractivity contribution >= 4 is 27.9 Å². The number of thiophene rings is 1. The van der Waals surface area contributed by atoms with Crippen molar-refractivity contribution in [2.75, 3.05) is 24.7 Å². The van der Waals surface area contributed by atoms with Crippen LogP contribution < -0.4 is 16.0 Å². The second-order valence-corrected chi connectivity index (χ2v) is 5.46. The molecule has 1 aromatic heterocycles. The second kappa shape index (κ2) is 5.92. The van der Waals surface area contributed by atoms with Crippen LogP contribution in [0.5, 0.6) is 0 Å². The van der Waals surface area contributed by atoms with Gasteiger partial charge in [0.1, 0.15) is 10.7 Å². The van der Waals surface area contributed by atoms with Crippen molar-refractivity contribution in [3.63, 3.8) is 0 Å². The molecule has 0 aliphatic heterocycles. The zero-order valence-corrected chi connectivity index (χ0v) is 12.1. The number of hydrogen-bond acceptors (Lipinski definition) is 4. The van der Waals surface area contributed by atoms with Gasteiger partial charge in [0.05, 0.1) is 10.7 Å². The molecule has 0 atom stereocenters. The molecule has 0 radical (unpaired) electrons. The quantitative estimate of drug-likeness (QED) is 0.910. The molecule has 3 N–H and O–H groups in total. The summed E-state index contributed by atoms with van der Waals surface area (Å²) >= 11 is 1.34. The van der Waals surface area contributed by atoms with Gasteiger partial charge < -0.3 is 16.0 Å². The topological polar surface area (TPSA) is 58.4 Å². The van der Waals surface area contributed by atoms with E-state index in [0.717, 1.165) is 10.6 Å². The zero-order chi connectivity index (χ0) is 14.7. The highest BCUT2D eigenvalue weighted by atomic mass is 32.1. The Kier molecular flexibility index (Phi) is 4.24. The van der Waals surface area contributed by atoms with Gasteiger partial charge in [-0.25, -0.2) is 4.39 Å². The number of nitrogens with zero attached hydrogens (tertiary/aromatic N) is 1. The van der Waals surface area contributed by atoms with E-state index < -0.39 is 0 Å². The standard InChI is InChI=1S/C14H16FN3OS/c1-17-14(19)13-11(16)7-12(20-13)18(2)8-9-3-5-10(15)6-4-9/h3-7H,8,16H2,1-2H3,(H,17,19). The maximum absolute atomic E-state index is 12.9. The minimum Gasteiger partial charge on any atom is -0.397 e. The Morgan fingerprint density at radius 1 is 1.40 bits per heavy atom. The fourth-order valence-corrected chi connectivity index (χ4v) is 2.80. The van der Waals surface area contributed by atoms with Crippen molar-refractivity contribution in [2.45, 2.75) is 6.54 Å². The molecule has 0 saturated heterocycles. The van der Waals surface area contributed by atoms with Crippen molar-refractivity contribution in [3.8, 4) is 0 Å². The maximum Gasteiger partial charge on any atom is 0.263 e. The summed E-state index contributed by atoms with van der Waals surface area (Å²) in [6, 6.07) is 8.12. The fourth-order valence-electron chi connectivity index (χ4n) is 1.81. The SMILES string of the molecule is CNC(=O)c1sc(N(C)Cc2ccc(F)cc2)cc1N. The van der Waals surface area contributed by atoms with Crippen LogP contribution >= 0.6 is 11.3 Å². The summed E-state index contributed by atoms with van der Waals surface area (Å²) in [4.78, 5) is 14.1. The lowest BCUT2D eigenvalue weighted by Crippen LogP contribution is -2.17. The normalized spacial score (nSPS) is 10.3. The van der Waals surface area contributed by atoms with E-state index in [1.54, 1.807) is 25.2 Å². The van der Waals surface area contributed by atoms with E-state index in [2.05, 4.69) is 5.32 Å². The van der Waals surface area contributed by atoms with Crippen LogP contribution in [0.1, 0.15) is 15.2 Å². The van der Waals surface area contributed by atoms with E-state index in [1.807, 2.05) is 11.9 Å². The Hall–Kier alpha value is -2.08. The number of benzene rings is 1. The molecular formula is C14H16FN3OS. The van der Waals surface area contributed by atoms with Gasteiger partial charge in [0.2, 0.25) is 0 Å². The smallest absolute Gasteiger partial charge is 0.263 e. The third-order valence-electron chi connectivity index (χ3n) is 2.89. The lowest BCUT2D eigenvalue weighted by atomic mass is 10.2. The van der Waals surface area contributed by atoms with Gasteiger partial charge in [0.25, 0.3) is 5.91 Å². The van der Waals surface area contributed by atoms with Gasteiger partial charge in [-0.1, -0.05) is 12.1 Å². The average Bonchev–Trinajstić information content (AvgIpc) is 2.82. The summed E-state index contributed by atoms with van der Waals surface area (Å²) < 4.78 is 12.9. The Labute approximate surface area is 121 Å². The number of amides is 1. The van der Waals surface area contributed by atoms with E-state index >= 15 is 0 Å². The molecule has 2 aromatic rings. The lowest BCUT2D eigenvalue weighted by Gasteiger charge is -2.16. The van der Waals surface area contributed by atoms with E-state index in [0.29, 0.717) is 17.1 Å². The molecule has 0 bridgehead atoms. The zero-order valence-electron chi connectivity index (χ0n) is 11.3. The minimum absolute atomic E-state index is 0.186. The number of carbonyl (C=O) groups excluding carboxylic acids is 1. The van der Waals surface area contributed by atoms with Crippen molar-refractivity contribution in [2.24, 2.45) is 0 Å². The van der Waals surface area contributed by atoms with Crippen LogP contribution in [0.3, 0.4) is 0 Å². The minimum atomic E-state index is -0.251. The molecule has 2 rings (SSSR count). The molecule has 0 aliphatic rings. The number of nitrogen functional groups attached to an aromatic ring is 1. The van der Waals surface area contributed by atoms with Crippen molar-refractivity contribution in [1.82, 2.24) is 5.32 Å². The second-order valence-electron chi connectivity index (χ2n) is 4.43. The van der Waals surface area contributed by atoms with Gasteiger partial charge in [0, 0.05) is 20.6 Å². The third-order valence-corrected chi connectivity index (χ3v) is 4.15. The van der Waals surface area contributed by atoms with Gasteiger partial charge in [0.15, 0.2) is 0 Å². The summed E-state index contributed by atoms with van der Waals surface area (Å²) in [6.07, 6.45) is 0. The first-order chi connectivity index (χ1) is 9.51. The van der Waals surface area contributed by atoms with Crippen molar-refractivity contribution in [1.29, 1.82) is 0 Å². The van der Waals surface area contributed by atoms with Crippen molar-refractivity contribution in [3.05, 3.63) is 46.6 Å². The van der Waals surface area contributed by atoms with Gasteiger partial charge in [-0.2, -0.15) is 0 Å². The Balaban J connectivity index is 2.15. The molecule has 106 valence electrons. The van der Waals surface area contributed by atoms with E-state index in [4.69, 9.17) is 5.73 Å². The van der Waals surface area contributed by atoms with E-state index in [-0.39, 0.29) is 11.7 Å². The Morgan fingerprint density at radius 2 is 2.05 bits per heavy atom. The highest BCUT2D eigenvalue weighted by molar-refractivity contribution is 7.18. The van der Waals surface area contributed by atoms with Crippen LogP contribution in [0, 0.1) is 5.82 Å². The van der Waals surface area contributed by atoms with Crippen LogP contribution in [0.15, 0.2) is 30.3 Å². The van der Waals surface area contributed by atoms with Crippen LogP contribution in [0.25, 0.3) is 0 Å². The van der Waals surface area contributed by atoms with Gasteiger partial charge >= 0.3 is 0 Å². The number of carbonyl (C=O) groups is 1. The number of nitrogens with two attached hydrogens (primary N) is 1. The first-order valence-corrected chi connectivity index (χ1v) is 6.90. The molecular weight excluding hydrogens is 277 g/mol. The molecule has 0 fully saturated rings. The Bertz CT molecular complexity index is 609. The molecule has 0 unspecified atom stereocenters. The van der Waals surface area contributed by atoms with Gasteiger partial charge in [-0.3, -0.25) is 4.79 Å². The van der Waals surface area contributed by atoms with Crippen molar-refractivity contribution < 1.29 is 9.18 Å². The van der Waals surface area contributed by atoms with Crippen LogP contribution in [-0.2, 0) is 6.54 Å². The van der Waals surface area contributed by atoms with Gasteiger partial charge in [-0.05, 0) is 23.8 Å². The molecule has 0 aliphatic carbocycles. The summed E-state index contributed by atoms with van der Waals surface area (Å²) in [5.41, 5.74) is 7.30. The summed E-state index contributed by atoms with van der Waals surface area (Å²) in [7, 11) is 3.48. The number of hydrogen-bond donors (Lipinski definition) is 2. The third kappa shape index (κ3) is 3.08. The molecule has 4 nitrogen and oxygen atoms in total. The molecule has 20 heavy (non-hydrogen) atoms. The summed E-state index contributed by atoms with van der Waals surface area (Å²) in [6.45, 7) is 0.618. The lowest BCUT2D eigenvalue weighted by molar-refractivity contribution is 0.0968. The summed E-state index contributed by atoms with van der Waals surface area (Å²) in [5, 5.41) is 3.46. The molecule has 0 spiro atoms. The van der Waals surface area contributed by atoms with Crippen LogP contribution in [0.2, 0.25) is 0 Å². The van der Waals surface area contributed by atoms with Gasteiger partial charge in [-0.15, -0.1) is 11.3 Å². The number of anilines is 2. The van der Waals surface area contributed by atoms with Crippen LogP contribution in [-0.4, -0.2) is 20.0 Å². The first-order valence-electron chi connectivity index (χ1n) is 6.08. The highest BCUT2D eigenvalue weighted by Gasteiger charge is 2.15. The average molecular weight is 293 g/mol. The Morgan fingerprint density at radius 3 is 2.65 bits per heavy atom. The number of nitrogens with one attached hydrogen (secondary N) is 1. The summed E-state index contributed by atoms with van der Waals surface area (Å²) in [5.74, 6) is -0.437. The number of rotatable bonds is 4. The molecule has 1 heterocycles. The van der Waals surface area contributed by atoms with E-state index in [1.165, 1.54) is 23.5 Å².